The molecule has 0 heterocycles. The van der Waals surface area contributed by atoms with Gasteiger partial charge in [-0.15, -0.1) is 0 Å². The smallest absolute Gasteiger partial charge is 0.271 e. The largest absolute Gasteiger partial charge is 0.497 e. The lowest BCUT2D eigenvalue weighted by Crippen LogP contribution is -2.48. The molecule has 10 nitrogen and oxygen atoms in total. The molecule has 0 bridgehead atoms. The van der Waals surface area contributed by atoms with Gasteiger partial charge in [0.25, 0.3) is 17.5 Å². The summed E-state index contributed by atoms with van der Waals surface area (Å²) in [7, 11) is 1.59. The molecule has 0 saturated carbocycles. The van der Waals surface area contributed by atoms with E-state index in [4.69, 9.17) is 4.74 Å². The lowest BCUT2D eigenvalue weighted by atomic mass is 10.00. The van der Waals surface area contributed by atoms with Crippen LogP contribution in [0.1, 0.15) is 50.4 Å². The van der Waals surface area contributed by atoms with E-state index in [0.29, 0.717) is 13.0 Å². The molecule has 10 heteroatoms. The predicted molar refractivity (Wildman–Crippen MR) is 168 cm³/mol. The van der Waals surface area contributed by atoms with Crippen molar-refractivity contribution in [2.45, 2.75) is 38.1 Å². The number of non-ortho nitro benzene ring substituents is 1. The molecule has 4 rings (SSSR count). The van der Waals surface area contributed by atoms with Gasteiger partial charge >= 0.3 is 0 Å². The van der Waals surface area contributed by atoms with Crippen molar-refractivity contribution in [3.8, 4) is 5.75 Å². The van der Waals surface area contributed by atoms with Crippen LogP contribution in [0.15, 0.2) is 103 Å². The molecule has 0 aliphatic carbocycles. The second kappa shape index (κ2) is 15.4. The predicted octanol–water partition coefficient (Wildman–Crippen LogP) is 4.59. The van der Waals surface area contributed by atoms with E-state index in [1.165, 1.54) is 6.07 Å². The maximum atomic E-state index is 13.5. The van der Waals surface area contributed by atoms with Crippen molar-refractivity contribution in [3.63, 3.8) is 0 Å². The van der Waals surface area contributed by atoms with Crippen LogP contribution in [-0.2, 0) is 13.0 Å². The summed E-state index contributed by atoms with van der Waals surface area (Å²) in [4.78, 5) is 37.7. The Morgan fingerprint density at radius 2 is 1.45 bits per heavy atom. The van der Waals surface area contributed by atoms with Crippen LogP contribution < -0.4 is 20.7 Å². The number of carbonyl (C=O) groups excluding carboxylic acids is 2. The minimum Gasteiger partial charge on any atom is -0.497 e. The first-order valence-corrected chi connectivity index (χ1v) is 14.2. The molecule has 0 aliphatic rings. The third-order valence-electron chi connectivity index (χ3n) is 7.20. The number of benzene rings is 4. The molecule has 0 fully saturated rings. The number of hydrogen-bond acceptors (Lipinski definition) is 7. The van der Waals surface area contributed by atoms with Gasteiger partial charge in [-0.1, -0.05) is 72.8 Å². The maximum Gasteiger partial charge on any atom is 0.271 e. The molecule has 4 aromatic rings. The van der Waals surface area contributed by atoms with Crippen LogP contribution in [0, 0.1) is 10.1 Å². The average Bonchev–Trinajstić information content (AvgIpc) is 3.05. The first-order valence-electron chi connectivity index (χ1n) is 14.2. The summed E-state index contributed by atoms with van der Waals surface area (Å²) in [6, 6.07) is 28.7. The lowest BCUT2D eigenvalue weighted by Gasteiger charge is -2.25. The fraction of sp³-hybridized carbons (Fsp3) is 0.235. The lowest BCUT2D eigenvalue weighted by molar-refractivity contribution is -0.384. The third kappa shape index (κ3) is 8.97. The SMILES string of the molecule is COc1cccc(CNCC(O)C(Cc2ccccc2)NC(=O)c2cc(C(=O)NC(C)c3ccccc3)cc([N+](=O)[O-])c2)c1. The summed E-state index contributed by atoms with van der Waals surface area (Å²) >= 11 is 0. The number of nitro benzene ring substituents is 1. The van der Waals surface area contributed by atoms with E-state index in [0.717, 1.165) is 34.6 Å². The molecule has 228 valence electrons. The zero-order valence-corrected chi connectivity index (χ0v) is 24.6. The van der Waals surface area contributed by atoms with Crippen molar-refractivity contribution < 1.29 is 24.4 Å². The van der Waals surface area contributed by atoms with Gasteiger partial charge in [-0.3, -0.25) is 19.7 Å². The van der Waals surface area contributed by atoms with Gasteiger partial charge in [-0.05, 0) is 48.2 Å². The van der Waals surface area contributed by atoms with Crippen molar-refractivity contribution in [1.82, 2.24) is 16.0 Å². The number of hydrogen-bond donors (Lipinski definition) is 4. The molecule has 0 saturated heterocycles. The van der Waals surface area contributed by atoms with E-state index in [1.807, 2.05) is 84.9 Å². The monoisotopic (exact) mass is 596 g/mol. The summed E-state index contributed by atoms with van der Waals surface area (Å²) in [5.74, 6) is -0.480. The van der Waals surface area contributed by atoms with Crippen LogP contribution in [0.25, 0.3) is 0 Å². The van der Waals surface area contributed by atoms with Gasteiger partial charge in [0.05, 0.1) is 30.2 Å². The Morgan fingerprint density at radius 3 is 2.09 bits per heavy atom. The molecule has 0 aromatic heterocycles. The number of methoxy groups -OCH3 is 1. The summed E-state index contributed by atoms with van der Waals surface area (Å²) in [5, 5.41) is 31.8. The van der Waals surface area contributed by atoms with Crippen molar-refractivity contribution in [2.24, 2.45) is 0 Å². The van der Waals surface area contributed by atoms with E-state index < -0.39 is 34.6 Å². The van der Waals surface area contributed by atoms with Crippen molar-refractivity contribution in [3.05, 3.63) is 141 Å². The molecule has 3 atom stereocenters. The van der Waals surface area contributed by atoms with Gasteiger partial charge in [-0.25, -0.2) is 0 Å². The fourth-order valence-corrected chi connectivity index (χ4v) is 4.78. The van der Waals surface area contributed by atoms with E-state index in [-0.39, 0.29) is 23.7 Å². The number of aliphatic hydroxyl groups is 1. The molecule has 4 aromatic carbocycles. The highest BCUT2D eigenvalue weighted by atomic mass is 16.6. The number of carbonyl (C=O) groups is 2. The summed E-state index contributed by atoms with van der Waals surface area (Å²) in [6.07, 6.45) is -0.691. The van der Waals surface area contributed by atoms with Crippen LogP contribution in [0.3, 0.4) is 0 Å². The normalized spacial score (nSPS) is 12.9. The van der Waals surface area contributed by atoms with Gasteiger partial charge in [0, 0.05) is 36.3 Å². The quantitative estimate of drug-likeness (QED) is 0.123. The second-order valence-corrected chi connectivity index (χ2v) is 10.5. The number of ether oxygens (including phenoxy) is 1. The Labute approximate surface area is 256 Å². The van der Waals surface area contributed by atoms with E-state index in [9.17, 15) is 24.8 Å². The number of nitro groups is 1. The number of rotatable bonds is 14. The summed E-state index contributed by atoms with van der Waals surface area (Å²) in [6.45, 7) is 2.43. The van der Waals surface area contributed by atoms with Crippen LogP contribution in [0.4, 0.5) is 5.69 Å². The van der Waals surface area contributed by atoms with E-state index in [2.05, 4.69) is 16.0 Å². The highest BCUT2D eigenvalue weighted by Gasteiger charge is 2.25. The third-order valence-corrected chi connectivity index (χ3v) is 7.20. The molecular weight excluding hydrogens is 560 g/mol. The Bertz CT molecular complexity index is 1560. The minimum absolute atomic E-state index is 0.0211. The van der Waals surface area contributed by atoms with Crippen molar-refractivity contribution in [2.75, 3.05) is 13.7 Å². The highest BCUT2D eigenvalue weighted by molar-refractivity contribution is 6.01. The summed E-state index contributed by atoms with van der Waals surface area (Å²) in [5.41, 5.74) is 2.23. The summed E-state index contributed by atoms with van der Waals surface area (Å²) < 4.78 is 5.27. The number of amides is 2. The van der Waals surface area contributed by atoms with Gasteiger partial charge in [0.1, 0.15) is 5.75 Å². The molecule has 3 unspecified atom stereocenters. The zero-order valence-electron chi connectivity index (χ0n) is 24.6. The van der Waals surface area contributed by atoms with Crippen molar-refractivity contribution in [1.29, 1.82) is 0 Å². The zero-order chi connectivity index (χ0) is 31.5. The van der Waals surface area contributed by atoms with E-state index >= 15 is 0 Å². The van der Waals surface area contributed by atoms with Gasteiger partial charge in [0.15, 0.2) is 0 Å². The minimum atomic E-state index is -1.00. The van der Waals surface area contributed by atoms with E-state index in [1.54, 1.807) is 14.0 Å². The number of nitrogens with zero attached hydrogens (tertiary/aromatic N) is 1. The first-order chi connectivity index (χ1) is 21.2. The standard InChI is InChI=1S/C34H36N4O6/c1-23(26-13-7-4-8-14-26)36-33(40)27-18-28(20-29(19-27)38(42)43)34(41)37-31(17-24-10-5-3-6-11-24)32(39)22-35-21-25-12-9-15-30(16-25)44-2/h3-16,18-20,23,31-32,35,39H,17,21-22H2,1-2H3,(H,36,40)(H,37,41). The van der Waals surface area contributed by atoms with Crippen LogP contribution in [0.2, 0.25) is 0 Å². The number of aliphatic hydroxyl groups excluding tert-OH is 1. The Morgan fingerprint density at radius 1 is 0.841 bits per heavy atom. The molecule has 0 spiro atoms. The topological polar surface area (TPSA) is 143 Å². The van der Waals surface area contributed by atoms with Crippen LogP contribution in [0.5, 0.6) is 5.75 Å². The molecule has 2 amide bonds. The highest BCUT2D eigenvalue weighted by Crippen LogP contribution is 2.20. The Kier molecular flexibility index (Phi) is 11.2. The maximum absolute atomic E-state index is 13.5. The van der Waals surface area contributed by atoms with Crippen LogP contribution >= 0.6 is 0 Å². The fourth-order valence-electron chi connectivity index (χ4n) is 4.78. The molecule has 4 N–H and O–H groups in total. The van der Waals surface area contributed by atoms with Crippen LogP contribution in [-0.4, -0.2) is 47.6 Å². The van der Waals surface area contributed by atoms with Crippen molar-refractivity contribution >= 4 is 17.5 Å². The number of nitrogens with one attached hydrogen (secondary N) is 3. The molecular formula is C34H36N4O6. The first kappa shape index (κ1) is 31.9. The molecule has 0 radical (unpaired) electrons. The van der Waals surface area contributed by atoms with Gasteiger partial charge < -0.3 is 25.8 Å². The Balaban J connectivity index is 1.51. The van der Waals surface area contributed by atoms with Gasteiger partial charge in [0.2, 0.25) is 0 Å². The average molecular weight is 597 g/mol. The van der Waals surface area contributed by atoms with Gasteiger partial charge in [-0.2, -0.15) is 0 Å². The molecule has 44 heavy (non-hydrogen) atoms. The molecule has 0 aliphatic heterocycles. The second-order valence-electron chi connectivity index (χ2n) is 10.5. The Hall–Kier alpha value is -5.06.